The molecule has 3 atom stereocenters. The number of aromatic amines is 1. The van der Waals surface area contributed by atoms with Crippen molar-refractivity contribution in [1.82, 2.24) is 10.2 Å². The molecule has 0 saturated heterocycles. The van der Waals surface area contributed by atoms with Gasteiger partial charge in [-0.3, -0.25) is 14.7 Å². The number of nitrogens with one attached hydrogen (secondary N) is 2. The summed E-state index contributed by atoms with van der Waals surface area (Å²) in [6, 6.07) is 0. The Morgan fingerprint density at radius 1 is 1.47 bits per heavy atom. The molecule has 1 heterocycles. The minimum Gasteiger partial charge on any atom is -0.481 e. The van der Waals surface area contributed by atoms with E-state index in [1.165, 1.54) is 6.20 Å². The van der Waals surface area contributed by atoms with Crippen LogP contribution < -0.4 is 5.32 Å². The first-order valence-electron chi connectivity index (χ1n) is 5.60. The van der Waals surface area contributed by atoms with Crippen LogP contribution in [0.4, 0.5) is 5.69 Å². The molecule has 1 aromatic heterocycles. The molecule has 6 nitrogen and oxygen atoms in total. The molecule has 1 amide bonds. The van der Waals surface area contributed by atoms with Crippen molar-refractivity contribution >= 4 is 17.6 Å². The lowest BCUT2D eigenvalue weighted by atomic mass is 9.95. The molecular weight excluding hydrogens is 222 g/mol. The minimum absolute atomic E-state index is 0.233. The summed E-state index contributed by atoms with van der Waals surface area (Å²) >= 11 is 0. The number of carbonyl (C=O) groups is 2. The lowest BCUT2D eigenvalue weighted by molar-refractivity contribution is -0.145. The molecule has 0 spiro atoms. The van der Waals surface area contributed by atoms with Crippen LogP contribution in [-0.2, 0) is 9.59 Å². The quantitative estimate of drug-likeness (QED) is 0.733. The van der Waals surface area contributed by atoms with Gasteiger partial charge in [-0.15, -0.1) is 0 Å². The van der Waals surface area contributed by atoms with Gasteiger partial charge in [-0.25, -0.2) is 0 Å². The SMILES string of the molecule is CC1CC(C(=O)O)C(C(=O)Nc2cn[nH]c2)C1. The lowest BCUT2D eigenvalue weighted by Gasteiger charge is -2.14. The van der Waals surface area contributed by atoms with Crippen molar-refractivity contribution in [2.45, 2.75) is 19.8 Å². The maximum atomic E-state index is 12.0. The fourth-order valence-corrected chi connectivity index (χ4v) is 2.41. The second-order valence-electron chi connectivity index (χ2n) is 4.60. The highest BCUT2D eigenvalue weighted by Crippen LogP contribution is 2.37. The van der Waals surface area contributed by atoms with Crippen LogP contribution in [0.25, 0.3) is 0 Å². The van der Waals surface area contributed by atoms with Crippen molar-refractivity contribution in [2.75, 3.05) is 5.32 Å². The van der Waals surface area contributed by atoms with Crippen molar-refractivity contribution in [3.63, 3.8) is 0 Å². The van der Waals surface area contributed by atoms with E-state index in [9.17, 15) is 9.59 Å². The molecule has 6 heteroatoms. The van der Waals surface area contributed by atoms with E-state index in [2.05, 4.69) is 15.5 Å². The number of H-pyrrole nitrogens is 1. The number of amides is 1. The number of rotatable bonds is 3. The van der Waals surface area contributed by atoms with Crippen LogP contribution in [0.15, 0.2) is 12.4 Å². The fraction of sp³-hybridized carbons (Fsp3) is 0.545. The van der Waals surface area contributed by atoms with Crippen molar-refractivity contribution < 1.29 is 14.7 Å². The Kier molecular flexibility index (Phi) is 3.12. The molecule has 3 N–H and O–H groups in total. The second-order valence-corrected chi connectivity index (χ2v) is 4.60. The highest BCUT2D eigenvalue weighted by Gasteiger charge is 2.41. The van der Waals surface area contributed by atoms with Crippen LogP contribution in [0.1, 0.15) is 19.8 Å². The third kappa shape index (κ3) is 2.46. The predicted molar refractivity (Wildman–Crippen MR) is 60.2 cm³/mol. The van der Waals surface area contributed by atoms with E-state index in [0.717, 1.165) is 0 Å². The molecular formula is C11H15N3O3. The number of hydrogen-bond acceptors (Lipinski definition) is 3. The number of anilines is 1. The zero-order valence-corrected chi connectivity index (χ0v) is 9.51. The normalized spacial score (nSPS) is 27.9. The third-order valence-electron chi connectivity index (χ3n) is 3.22. The van der Waals surface area contributed by atoms with Crippen molar-refractivity contribution in [1.29, 1.82) is 0 Å². The molecule has 0 aliphatic heterocycles. The molecule has 0 aromatic carbocycles. The van der Waals surface area contributed by atoms with E-state index in [1.54, 1.807) is 6.20 Å². The zero-order chi connectivity index (χ0) is 12.4. The number of carboxylic acids is 1. The predicted octanol–water partition coefficient (Wildman–Crippen LogP) is 1.10. The average molecular weight is 237 g/mol. The van der Waals surface area contributed by atoms with Gasteiger partial charge < -0.3 is 10.4 Å². The summed E-state index contributed by atoms with van der Waals surface area (Å²) in [4.78, 5) is 23.0. The Balaban J connectivity index is 2.05. The Bertz CT molecular complexity index is 416. The van der Waals surface area contributed by atoms with Crippen LogP contribution >= 0.6 is 0 Å². The van der Waals surface area contributed by atoms with Gasteiger partial charge in [0.1, 0.15) is 0 Å². The molecule has 0 bridgehead atoms. The zero-order valence-electron chi connectivity index (χ0n) is 9.51. The monoisotopic (exact) mass is 237 g/mol. The molecule has 1 saturated carbocycles. The van der Waals surface area contributed by atoms with Crippen LogP contribution in [0.5, 0.6) is 0 Å². The molecule has 1 aliphatic carbocycles. The van der Waals surface area contributed by atoms with E-state index >= 15 is 0 Å². The number of aliphatic carboxylic acids is 1. The average Bonchev–Trinajstić information content (AvgIpc) is 2.86. The fourth-order valence-electron chi connectivity index (χ4n) is 2.41. The van der Waals surface area contributed by atoms with Crippen molar-refractivity contribution in [2.24, 2.45) is 17.8 Å². The molecule has 0 radical (unpaired) electrons. The summed E-state index contributed by atoms with van der Waals surface area (Å²) < 4.78 is 0. The highest BCUT2D eigenvalue weighted by atomic mass is 16.4. The molecule has 3 unspecified atom stereocenters. The molecule has 92 valence electrons. The Hall–Kier alpha value is -1.85. The van der Waals surface area contributed by atoms with E-state index in [0.29, 0.717) is 18.5 Å². The Morgan fingerprint density at radius 2 is 2.18 bits per heavy atom. The summed E-state index contributed by atoms with van der Waals surface area (Å²) in [5, 5.41) is 18.1. The maximum Gasteiger partial charge on any atom is 0.307 e. The van der Waals surface area contributed by atoms with Gasteiger partial charge in [0, 0.05) is 6.20 Å². The Morgan fingerprint density at radius 3 is 2.76 bits per heavy atom. The number of nitrogens with zero attached hydrogens (tertiary/aromatic N) is 1. The third-order valence-corrected chi connectivity index (χ3v) is 3.22. The summed E-state index contributed by atoms with van der Waals surface area (Å²) in [6.07, 6.45) is 4.25. The van der Waals surface area contributed by atoms with Gasteiger partial charge in [0.2, 0.25) is 5.91 Å². The maximum absolute atomic E-state index is 12.0. The smallest absolute Gasteiger partial charge is 0.307 e. The Labute approximate surface area is 98.4 Å². The topological polar surface area (TPSA) is 95.1 Å². The van der Waals surface area contributed by atoms with Gasteiger partial charge in [-0.05, 0) is 18.8 Å². The standard InChI is InChI=1S/C11H15N3O3/c1-6-2-8(9(3-6)11(16)17)10(15)14-7-4-12-13-5-7/h4-6,8-9H,2-3H2,1H3,(H,12,13)(H,14,15)(H,16,17). The first-order valence-corrected chi connectivity index (χ1v) is 5.60. The minimum atomic E-state index is -0.887. The number of aromatic nitrogens is 2. The summed E-state index contributed by atoms with van der Waals surface area (Å²) in [5.74, 6) is -1.87. The highest BCUT2D eigenvalue weighted by molar-refractivity contribution is 5.95. The van der Waals surface area contributed by atoms with Gasteiger partial charge in [-0.2, -0.15) is 5.10 Å². The number of hydrogen-bond donors (Lipinski definition) is 3. The van der Waals surface area contributed by atoms with Crippen LogP contribution in [0.3, 0.4) is 0 Å². The summed E-state index contributed by atoms with van der Waals surface area (Å²) in [6.45, 7) is 1.97. The van der Waals surface area contributed by atoms with E-state index < -0.39 is 17.8 Å². The molecule has 1 fully saturated rings. The van der Waals surface area contributed by atoms with Gasteiger partial charge in [-0.1, -0.05) is 6.92 Å². The summed E-state index contributed by atoms with van der Waals surface area (Å²) in [7, 11) is 0. The van der Waals surface area contributed by atoms with Gasteiger partial charge >= 0.3 is 5.97 Å². The lowest BCUT2D eigenvalue weighted by Crippen LogP contribution is -2.29. The van der Waals surface area contributed by atoms with E-state index in [-0.39, 0.29) is 11.8 Å². The summed E-state index contributed by atoms with van der Waals surface area (Å²) in [5.41, 5.74) is 0.568. The van der Waals surface area contributed by atoms with Crippen molar-refractivity contribution in [3.05, 3.63) is 12.4 Å². The van der Waals surface area contributed by atoms with Gasteiger partial charge in [0.05, 0.1) is 23.7 Å². The van der Waals surface area contributed by atoms with Crippen LogP contribution in [-0.4, -0.2) is 27.2 Å². The van der Waals surface area contributed by atoms with Gasteiger partial charge in [0.15, 0.2) is 0 Å². The van der Waals surface area contributed by atoms with E-state index in [1.807, 2.05) is 6.92 Å². The van der Waals surface area contributed by atoms with Crippen molar-refractivity contribution in [3.8, 4) is 0 Å². The van der Waals surface area contributed by atoms with Crippen LogP contribution in [0, 0.1) is 17.8 Å². The molecule has 1 aromatic rings. The first-order chi connectivity index (χ1) is 8.08. The molecule has 17 heavy (non-hydrogen) atoms. The first kappa shape index (κ1) is 11.6. The molecule has 2 rings (SSSR count). The van der Waals surface area contributed by atoms with E-state index in [4.69, 9.17) is 5.11 Å². The number of carboxylic acid groups (broad SMARTS) is 1. The number of carbonyl (C=O) groups excluding carboxylic acids is 1. The van der Waals surface area contributed by atoms with Gasteiger partial charge in [0.25, 0.3) is 0 Å². The largest absolute Gasteiger partial charge is 0.481 e. The second kappa shape index (κ2) is 4.57. The van der Waals surface area contributed by atoms with Crippen LogP contribution in [0.2, 0.25) is 0 Å². The molecule has 1 aliphatic rings.